The predicted molar refractivity (Wildman–Crippen MR) is 47.2 cm³/mol. The van der Waals surface area contributed by atoms with E-state index in [2.05, 4.69) is 0 Å². The third kappa shape index (κ3) is 1.95. The average molecular weight is 188 g/mol. The Morgan fingerprint density at radius 3 is 2.58 bits per heavy atom. The van der Waals surface area contributed by atoms with Gasteiger partial charge in [-0.2, -0.15) is 8.42 Å². The standard InChI is InChI=1S/C8H12O3S/c1-6-3-4-7(2)8(5-6)12(9,10)11/h4-6H,3H2,1-2H3,(H,9,10,11). The van der Waals surface area contributed by atoms with Crippen LogP contribution in [0, 0.1) is 5.92 Å². The van der Waals surface area contributed by atoms with Crippen molar-refractivity contribution in [2.24, 2.45) is 5.92 Å². The minimum Gasteiger partial charge on any atom is -0.282 e. The van der Waals surface area contributed by atoms with Gasteiger partial charge in [-0.3, -0.25) is 4.55 Å². The quantitative estimate of drug-likeness (QED) is 0.638. The number of hydrogen-bond donors (Lipinski definition) is 1. The summed E-state index contributed by atoms with van der Waals surface area (Å²) in [5.74, 6) is 0.186. The fourth-order valence-corrected chi connectivity index (χ4v) is 2.11. The van der Waals surface area contributed by atoms with Crippen LogP contribution in [0.4, 0.5) is 0 Å². The molecule has 0 saturated carbocycles. The smallest absolute Gasteiger partial charge is 0.282 e. The van der Waals surface area contributed by atoms with Crippen LogP contribution in [-0.2, 0) is 10.1 Å². The lowest BCUT2D eigenvalue weighted by molar-refractivity contribution is 0.490. The molecule has 0 radical (unpaired) electrons. The minimum atomic E-state index is -4.02. The van der Waals surface area contributed by atoms with Gasteiger partial charge < -0.3 is 0 Å². The zero-order chi connectivity index (χ0) is 9.35. The molecule has 3 nitrogen and oxygen atoms in total. The van der Waals surface area contributed by atoms with Crippen LogP contribution in [0.3, 0.4) is 0 Å². The Morgan fingerprint density at radius 2 is 2.17 bits per heavy atom. The monoisotopic (exact) mass is 188 g/mol. The van der Waals surface area contributed by atoms with Gasteiger partial charge in [-0.15, -0.1) is 0 Å². The minimum absolute atomic E-state index is 0.0567. The van der Waals surface area contributed by atoms with Crippen LogP contribution in [-0.4, -0.2) is 13.0 Å². The van der Waals surface area contributed by atoms with Gasteiger partial charge in [0.15, 0.2) is 0 Å². The largest absolute Gasteiger partial charge is 0.294 e. The maximum atomic E-state index is 10.8. The Balaban J connectivity index is 3.11. The number of allylic oxidation sites excluding steroid dienone is 3. The number of hydrogen-bond acceptors (Lipinski definition) is 2. The van der Waals surface area contributed by atoms with Crippen molar-refractivity contribution >= 4 is 10.1 Å². The van der Waals surface area contributed by atoms with Gasteiger partial charge in [0.25, 0.3) is 10.1 Å². The Morgan fingerprint density at radius 1 is 1.58 bits per heavy atom. The van der Waals surface area contributed by atoms with Gasteiger partial charge in [-0.25, -0.2) is 0 Å². The zero-order valence-electron chi connectivity index (χ0n) is 7.11. The van der Waals surface area contributed by atoms with Crippen molar-refractivity contribution in [1.82, 2.24) is 0 Å². The van der Waals surface area contributed by atoms with Gasteiger partial charge in [0.05, 0.1) is 4.91 Å². The molecule has 0 aromatic rings. The first-order chi connectivity index (χ1) is 5.41. The molecule has 68 valence electrons. The lowest BCUT2D eigenvalue weighted by Crippen LogP contribution is -2.08. The lowest BCUT2D eigenvalue weighted by atomic mass is 9.99. The first-order valence-corrected chi connectivity index (χ1v) is 5.21. The fourth-order valence-electron chi connectivity index (χ4n) is 1.21. The van der Waals surface area contributed by atoms with E-state index >= 15 is 0 Å². The van der Waals surface area contributed by atoms with Crippen LogP contribution in [0.15, 0.2) is 22.6 Å². The maximum absolute atomic E-state index is 10.8. The summed E-state index contributed by atoms with van der Waals surface area (Å²) < 4.78 is 30.4. The molecule has 0 aromatic heterocycles. The van der Waals surface area contributed by atoms with Crippen LogP contribution in [0.2, 0.25) is 0 Å². The topological polar surface area (TPSA) is 54.4 Å². The van der Waals surface area contributed by atoms with E-state index in [-0.39, 0.29) is 10.8 Å². The van der Waals surface area contributed by atoms with Crippen LogP contribution >= 0.6 is 0 Å². The third-order valence-electron chi connectivity index (χ3n) is 1.90. The molecule has 1 atom stereocenters. The van der Waals surface area contributed by atoms with Gasteiger partial charge >= 0.3 is 0 Å². The highest BCUT2D eigenvalue weighted by Crippen LogP contribution is 2.25. The molecule has 0 spiro atoms. The molecule has 0 saturated heterocycles. The maximum Gasteiger partial charge on any atom is 0.294 e. The van der Waals surface area contributed by atoms with E-state index in [9.17, 15) is 8.42 Å². The molecule has 12 heavy (non-hydrogen) atoms. The van der Waals surface area contributed by atoms with Crippen molar-refractivity contribution in [3.63, 3.8) is 0 Å². The lowest BCUT2D eigenvalue weighted by Gasteiger charge is -2.14. The van der Waals surface area contributed by atoms with Gasteiger partial charge in [-0.1, -0.05) is 19.1 Å². The van der Waals surface area contributed by atoms with E-state index in [4.69, 9.17) is 4.55 Å². The van der Waals surface area contributed by atoms with E-state index in [1.54, 1.807) is 13.0 Å². The van der Waals surface area contributed by atoms with E-state index in [0.29, 0.717) is 5.57 Å². The van der Waals surface area contributed by atoms with Gasteiger partial charge in [0.2, 0.25) is 0 Å². The summed E-state index contributed by atoms with van der Waals surface area (Å²) in [6.45, 7) is 3.60. The summed E-state index contributed by atoms with van der Waals surface area (Å²) in [6, 6.07) is 0. The molecule has 0 aliphatic heterocycles. The first-order valence-electron chi connectivity index (χ1n) is 3.77. The molecule has 4 heteroatoms. The molecule has 1 N–H and O–H groups in total. The van der Waals surface area contributed by atoms with Crippen LogP contribution in [0.25, 0.3) is 0 Å². The molecule has 1 aliphatic rings. The van der Waals surface area contributed by atoms with Gasteiger partial charge in [-0.05, 0) is 24.8 Å². The summed E-state index contributed by atoms with van der Waals surface area (Å²) in [7, 11) is -4.02. The fraction of sp³-hybridized carbons (Fsp3) is 0.500. The normalized spacial score (nSPS) is 24.8. The Bertz CT molecular complexity index is 335. The molecule has 0 bridgehead atoms. The molecular weight excluding hydrogens is 176 g/mol. The van der Waals surface area contributed by atoms with E-state index in [1.807, 2.05) is 13.0 Å². The molecule has 1 aliphatic carbocycles. The van der Waals surface area contributed by atoms with Crippen LogP contribution in [0.1, 0.15) is 20.3 Å². The second-order valence-corrected chi connectivity index (χ2v) is 4.50. The van der Waals surface area contributed by atoms with Crippen molar-refractivity contribution < 1.29 is 13.0 Å². The van der Waals surface area contributed by atoms with Crippen molar-refractivity contribution in [2.45, 2.75) is 20.3 Å². The Labute approximate surface area is 72.5 Å². The first kappa shape index (κ1) is 9.48. The molecule has 0 heterocycles. The SMILES string of the molecule is CC1=CCC(C)C=C1S(=O)(=O)O. The highest BCUT2D eigenvalue weighted by atomic mass is 32.2. The van der Waals surface area contributed by atoms with Gasteiger partial charge in [0.1, 0.15) is 0 Å². The number of rotatable bonds is 1. The highest BCUT2D eigenvalue weighted by Gasteiger charge is 2.19. The summed E-state index contributed by atoms with van der Waals surface area (Å²) in [4.78, 5) is 0.0567. The summed E-state index contributed by atoms with van der Waals surface area (Å²) in [5.41, 5.74) is 0.635. The summed E-state index contributed by atoms with van der Waals surface area (Å²) in [6.07, 6.45) is 4.25. The molecule has 0 fully saturated rings. The van der Waals surface area contributed by atoms with Crippen molar-refractivity contribution in [3.8, 4) is 0 Å². The highest BCUT2D eigenvalue weighted by molar-refractivity contribution is 7.90. The van der Waals surface area contributed by atoms with Crippen molar-refractivity contribution in [2.75, 3.05) is 0 Å². The van der Waals surface area contributed by atoms with E-state index < -0.39 is 10.1 Å². The van der Waals surface area contributed by atoms with Crippen LogP contribution in [0.5, 0.6) is 0 Å². The molecule has 1 unspecified atom stereocenters. The Hall–Kier alpha value is -0.610. The van der Waals surface area contributed by atoms with Crippen LogP contribution < -0.4 is 0 Å². The molecule has 1 rings (SSSR count). The second kappa shape index (κ2) is 3.03. The molecular formula is C8H12O3S. The Kier molecular flexibility index (Phi) is 2.39. The summed E-state index contributed by atoms with van der Waals surface area (Å²) in [5, 5.41) is 0. The van der Waals surface area contributed by atoms with E-state index in [1.165, 1.54) is 0 Å². The zero-order valence-corrected chi connectivity index (χ0v) is 7.93. The molecule has 0 aromatic carbocycles. The van der Waals surface area contributed by atoms with Gasteiger partial charge in [0, 0.05) is 0 Å². The van der Waals surface area contributed by atoms with E-state index in [0.717, 1.165) is 6.42 Å². The van der Waals surface area contributed by atoms with Crippen molar-refractivity contribution in [1.29, 1.82) is 0 Å². The average Bonchev–Trinajstić information content (AvgIpc) is 1.92. The third-order valence-corrected chi connectivity index (χ3v) is 2.91. The summed E-state index contributed by atoms with van der Waals surface area (Å²) >= 11 is 0. The van der Waals surface area contributed by atoms with Crippen molar-refractivity contribution in [3.05, 3.63) is 22.6 Å². The molecule has 0 amide bonds. The second-order valence-electron chi connectivity index (χ2n) is 3.11. The predicted octanol–water partition coefficient (Wildman–Crippen LogP) is 1.74.